The first-order chi connectivity index (χ1) is 11.1. The molecule has 1 aliphatic rings. The third kappa shape index (κ3) is 4.38. The van der Waals surface area contributed by atoms with Crippen molar-refractivity contribution in [3.63, 3.8) is 0 Å². The summed E-state index contributed by atoms with van der Waals surface area (Å²) in [5, 5.41) is 0. The van der Waals surface area contributed by atoms with E-state index < -0.39 is 0 Å². The summed E-state index contributed by atoms with van der Waals surface area (Å²) in [6, 6.07) is 4.70. The van der Waals surface area contributed by atoms with Crippen LogP contribution >= 0.6 is 0 Å². The Morgan fingerprint density at radius 3 is 2.04 bits per heavy atom. The second kappa shape index (κ2) is 7.26. The van der Waals surface area contributed by atoms with Crippen LogP contribution in [0, 0.1) is 19.8 Å². The van der Waals surface area contributed by atoms with E-state index in [4.69, 9.17) is 0 Å². The van der Waals surface area contributed by atoms with Crippen LogP contribution in [-0.2, 0) is 16.8 Å². The van der Waals surface area contributed by atoms with Crippen molar-refractivity contribution in [1.29, 1.82) is 0 Å². The molecule has 1 heterocycles. The zero-order chi connectivity index (χ0) is 18.1. The van der Waals surface area contributed by atoms with E-state index in [9.17, 15) is 4.79 Å². The molecule has 24 heavy (non-hydrogen) atoms. The van der Waals surface area contributed by atoms with Crippen LogP contribution in [0.1, 0.15) is 55.9 Å². The van der Waals surface area contributed by atoms with Gasteiger partial charge in [0.05, 0.1) is 0 Å². The number of piperidine rings is 1. The normalized spacial score (nSPS) is 17.1. The van der Waals surface area contributed by atoms with Gasteiger partial charge in [0.2, 0.25) is 5.91 Å². The van der Waals surface area contributed by atoms with Crippen LogP contribution in [0.2, 0.25) is 0 Å². The van der Waals surface area contributed by atoms with Crippen LogP contribution in [0.5, 0.6) is 0 Å². The smallest absolute Gasteiger partial charge is 0.225 e. The van der Waals surface area contributed by atoms with Gasteiger partial charge in [-0.3, -0.25) is 9.69 Å². The van der Waals surface area contributed by atoms with Crippen LogP contribution in [0.25, 0.3) is 0 Å². The molecule has 1 aliphatic heterocycles. The van der Waals surface area contributed by atoms with Crippen molar-refractivity contribution in [2.24, 2.45) is 5.92 Å². The first-order valence-electron chi connectivity index (χ1n) is 9.13. The number of hydrogen-bond donors (Lipinski definition) is 0. The maximum Gasteiger partial charge on any atom is 0.225 e. The topological polar surface area (TPSA) is 23.6 Å². The number of rotatable bonds is 3. The van der Waals surface area contributed by atoms with Gasteiger partial charge in [0.15, 0.2) is 0 Å². The Hall–Kier alpha value is -1.35. The highest BCUT2D eigenvalue weighted by Gasteiger charge is 2.26. The third-order valence-corrected chi connectivity index (χ3v) is 5.32. The van der Waals surface area contributed by atoms with E-state index in [0.717, 1.165) is 32.5 Å². The third-order valence-electron chi connectivity index (χ3n) is 5.32. The molecular weight excluding hydrogens is 296 g/mol. The highest BCUT2D eigenvalue weighted by atomic mass is 16.2. The van der Waals surface area contributed by atoms with E-state index in [0.29, 0.717) is 0 Å². The molecule has 1 aromatic carbocycles. The Morgan fingerprint density at radius 1 is 1.12 bits per heavy atom. The number of nitrogens with zero attached hydrogens (tertiary/aromatic N) is 2. The lowest BCUT2D eigenvalue weighted by molar-refractivity contribution is -0.134. The molecule has 0 atom stereocenters. The van der Waals surface area contributed by atoms with Crippen LogP contribution in [0.4, 0.5) is 0 Å². The van der Waals surface area contributed by atoms with Gasteiger partial charge in [-0.25, -0.2) is 0 Å². The number of hydrogen-bond acceptors (Lipinski definition) is 2. The van der Waals surface area contributed by atoms with E-state index >= 15 is 0 Å². The van der Waals surface area contributed by atoms with Gasteiger partial charge in [0, 0.05) is 26.6 Å². The maximum atomic E-state index is 12.1. The van der Waals surface area contributed by atoms with Crippen LogP contribution in [0.15, 0.2) is 12.1 Å². The Bertz CT molecular complexity index is 567. The molecule has 134 valence electrons. The van der Waals surface area contributed by atoms with E-state index in [1.807, 2.05) is 14.1 Å². The fourth-order valence-corrected chi connectivity index (χ4v) is 3.60. The first kappa shape index (κ1) is 19.0. The predicted molar refractivity (Wildman–Crippen MR) is 101 cm³/mol. The second-order valence-electron chi connectivity index (χ2n) is 8.62. The molecule has 0 unspecified atom stereocenters. The minimum absolute atomic E-state index is 0.193. The van der Waals surface area contributed by atoms with Crippen molar-refractivity contribution in [2.45, 2.75) is 59.4 Å². The van der Waals surface area contributed by atoms with Gasteiger partial charge in [-0.1, -0.05) is 32.9 Å². The molecule has 0 N–H and O–H groups in total. The number of amides is 1. The molecule has 0 bridgehead atoms. The number of benzene rings is 1. The van der Waals surface area contributed by atoms with Gasteiger partial charge in [-0.15, -0.1) is 0 Å². The molecule has 1 aromatic rings. The van der Waals surface area contributed by atoms with Crippen molar-refractivity contribution in [3.8, 4) is 0 Å². The molecule has 0 spiro atoms. The van der Waals surface area contributed by atoms with Crippen molar-refractivity contribution in [3.05, 3.63) is 34.4 Å². The summed E-state index contributed by atoms with van der Waals surface area (Å²) in [5.74, 6) is 0.498. The zero-order valence-corrected chi connectivity index (χ0v) is 16.6. The van der Waals surface area contributed by atoms with E-state index in [2.05, 4.69) is 51.7 Å². The largest absolute Gasteiger partial charge is 0.349 e. The summed E-state index contributed by atoms with van der Waals surface area (Å²) in [5.41, 5.74) is 5.86. The molecule has 1 saturated heterocycles. The summed E-state index contributed by atoms with van der Waals surface area (Å²) in [6.45, 7) is 14.3. The first-order valence-corrected chi connectivity index (χ1v) is 9.13. The number of aryl methyl sites for hydroxylation is 2. The number of carbonyl (C=O) groups excluding carboxylic acids is 1. The fourth-order valence-electron chi connectivity index (χ4n) is 3.60. The van der Waals surface area contributed by atoms with Crippen molar-refractivity contribution >= 4 is 5.91 Å². The number of carbonyl (C=O) groups is 1. The fraction of sp³-hybridized carbons (Fsp3) is 0.667. The quantitative estimate of drug-likeness (QED) is 0.839. The molecule has 3 heteroatoms. The standard InChI is InChI=1S/C21H34N2O/c1-15-12-18(21(3,4)5)13-16(2)19(15)14-23-10-8-17(9-11-23)20(24)22(6)7/h12-13,17H,8-11,14H2,1-7H3. The Labute approximate surface area is 148 Å². The van der Waals surface area contributed by atoms with E-state index in [1.165, 1.54) is 22.3 Å². The molecule has 0 radical (unpaired) electrons. The van der Waals surface area contributed by atoms with Crippen LogP contribution in [0.3, 0.4) is 0 Å². The van der Waals surface area contributed by atoms with Crippen LogP contribution < -0.4 is 0 Å². The number of likely N-dealkylation sites (tertiary alicyclic amines) is 1. The Morgan fingerprint density at radius 2 is 1.62 bits per heavy atom. The second-order valence-corrected chi connectivity index (χ2v) is 8.62. The van der Waals surface area contributed by atoms with Gasteiger partial charge in [0.25, 0.3) is 0 Å². The summed E-state index contributed by atoms with van der Waals surface area (Å²) >= 11 is 0. The van der Waals surface area contributed by atoms with Crippen molar-refractivity contribution in [1.82, 2.24) is 9.80 Å². The lowest BCUT2D eigenvalue weighted by Crippen LogP contribution is -2.40. The monoisotopic (exact) mass is 330 g/mol. The minimum atomic E-state index is 0.193. The molecule has 1 fully saturated rings. The average molecular weight is 331 g/mol. The van der Waals surface area contributed by atoms with Gasteiger partial charge in [0.1, 0.15) is 0 Å². The highest BCUT2D eigenvalue weighted by molar-refractivity contribution is 5.78. The molecule has 1 amide bonds. The van der Waals surface area contributed by atoms with Crippen molar-refractivity contribution < 1.29 is 4.79 Å². The Kier molecular flexibility index (Phi) is 5.74. The summed E-state index contributed by atoms with van der Waals surface area (Å²) in [7, 11) is 3.72. The Balaban J connectivity index is 2.04. The molecule has 0 aromatic heterocycles. The van der Waals surface area contributed by atoms with E-state index in [-0.39, 0.29) is 17.2 Å². The lowest BCUT2D eigenvalue weighted by Gasteiger charge is -2.33. The average Bonchev–Trinajstić information content (AvgIpc) is 2.49. The van der Waals surface area contributed by atoms with Crippen LogP contribution in [-0.4, -0.2) is 42.9 Å². The summed E-state index contributed by atoms with van der Waals surface area (Å²) in [6.07, 6.45) is 1.96. The van der Waals surface area contributed by atoms with Gasteiger partial charge < -0.3 is 4.90 Å². The van der Waals surface area contributed by atoms with E-state index in [1.54, 1.807) is 4.90 Å². The predicted octanol–water partition coefficient (Wildman–Crippen LogP) is 3.90. The summed E-state index contributed by atoms with van der Waals surface area (Å²) in [4.78, 5) is 16.4. The molecule has 0 saturated carbocycles. The molecule has 0 aliphatic carbocycles. The van der Waals surface area contributed by atoms with Gasteiger partial charge in [-0.2, -0.15) is 0 Å². The van der Waals surface area contributed by atoms with Gasteiger partial charge in [-0.05, 0) is 67.4 Å². The lowest BCUT2D eigenvalue weighted by atomic mass is 9.83. The molecule has 2 rings (SSSR count). The SMILES string of the molecule is Cc1cc(C(C)(C)C)cc(C)c1CN1CCC(C(=O)N(C)C)CC1. The minimum Gasteiger partial charge on any atom is -0.349 e. The van der Waals surface area contributed by atoms with Gasteiger partial charge >= 0.3 is 0 Å². The molecule has 3 nitrogen and oxygen atoms in total. The highest BCUT2D eigenvalue weighted by Crippen LogP contribution is 2.28. The maximum absolute atomic E-state index is 12.1. The van der Waals surface area contributed by atoms with Crippen molar-refractivity contribution in [2.75, 3.05) is 27.2 Å². The zero-order valence-electron chi connectivity index (χ0n) is 16.6. The summed E-state index contributed by atoms with van der Waals surface area (Å²) < 4.78 is 0. The molecular formula is C21H34N2O.